The van der Waals surface area contributed by atoms with Crippen LogP contribution in [-0.4, -0.2) is 53.3 Å². The normalized spacial score (nSPS) is 21.1. The average Bonchev–Trinajstić information content (AvgIpc) is 3.61. The number of rotatable bonds is 7. The van der Waals surface area contributed by atoms with Gasteiger partial charge in [0.25, 0.3) is 11.8 Å². The van der Waals surface area contributed by atoms with Crippen molar-refractivity contribution in [3.05, 3.63) is 81.0 Å². The number of carbonyl (C=O) groups is 3. The third-order valence-corrected chi connectivity index (χ3v) is 8.53. The van der Waals surface area contributed by atoms with Crippen molar-refractivity contribution in [2.75, 3.05) is 13.1 Å². The van der Waals surface area contributed by atoms with Crippen molar-refractivity contribution in [3.63, 3.8) is 0 Å². The molecule has 2 aromatic carbocycles. The molecule has 2 aliphatic rings. The largest absolute Gasteiger partial charge is 0.384 e. The standard InChI is InChI=1S/C29H28F3N5O3S/c1-15(23-10-17(13-41-23)25(33)34)36-27(40)22-11-28(2,30)14-37(22)24(38)12-35-26(39)16-7-8-21-19(9-16)18-5-3-4-6-20(18)29(21,31)32/h3-10,13,15,22H,11-12,14H2,1-2H3,(H3,33,34)(H,35,39)(H,36,40)/t15-,22+,28-/m1/s1. The summed E-state index contributed by atoms with van der Waals surface area (Å²) in [5.74, 6) is -5.14. The van der Waals surface area contributed by atoms with E-state index in [1.54, 1.807) is 30.5 Å². The molecule has 2 heterocycles. The number of thiophene rings is 1. The van der Waals surface area contributed by atoms with Crippen LogP contribution in [-0.2, 0) is 15.5 Å². The van der Waals surface area contributed by atoms with Crippen molar-refractivity contribution in [1.82, 2.24) is 15.5 Å². The molecule has 5 rings (SSSR count). The molecule has 0 spiro atoms. The monoisotopic (exact) mass is 583 g/mol. The summed E-state index contributed by atoms with van der Waals surface area (Å²) in [6, 6.07) is 10.0. The number of halogens is 3. The van der Waals surface area contributed by atoms with Crippen LogP contribution >= 0.6 is 11.3 Å². The van der Waals surface area contributed by atoms with Crippen LogP contribution in [0.25, 0.3) is 11.1 Å². The zero-order chi connectivity index (χ0) is 29.7. The molecule has 0 bridgehead atoms. The first-order chi connectivity index (χ1) is 19.3. The van der Waals surface area contributed by atoms with Gasteiger partial charge in [-0.3, -0.25) is 19.8 Å². The minimum absolute atomic E-state index is 0.0878. The molecule has 12 heteroatoms. The SMILES string of the molecule is C[C@@H](NC(=O)[C@@H]1C[C@@](C)(F)CN1C(=O)CNC(=O)c1ccc2c(c1)-c1ccccc1C2(F)F)c1cc(C(=N)N)cs1. The molecule has 3 aromatic rings. The number of nitrogens with two attached hydrogens (primary N) is 1. The minimum Gasteiger partial charge on any atom is -0.384 e. The maximum atomic E-state index is 15.0. The van der Waals surface area contributed by atoms with Crippen LogP contribution < -0.4 is 16.4 Å². The Labute approximate surface area is 238 Å². The molecule has 3 amide bonds. The fourth-order valence-corrected chi connectivity index (χ4v) is 6.24. The summed E-state index contributed by atoms with van der Waals surface area (Å²) in [5, 5.41) is 14.5. The van der Waals surface area contributed by atoms with Crippen molar-refractivity contribution < 1.29 is 27.6 Å². The number of nitrogens with one attached hydrogen (secondary N) is 3. The van der Waals surface area contributed by atoms with Crippen LogP contribution in [0.5, 0.6) is 0 Å². The first-order valence-electron chi connectivity index (χ1n) is 12.9. The highest BCUT2D eigenvalue weighted by Gasteiger charge is 2.47. The van der Waals surface area contributed by atoms with Gasteiger partial charge in [0.15, 0.2) is 0 Å². The zero-order valence-electron chi connectivity index (χ0n) is 22.3. The number of hydrogen-bond donors (Lipinski definition) is 4. The molecule has 3 atom stereocenters. The summed E-state index contributed by atoms with van der Waals surface area (Å²) in [5.41, 5.74) is 4.55. The van der Waals surface area contributed by atoms with Crippen LogP contribution in [0.2, 0.25) is 0 Å². The summed E-state index contributed by atoms with van der Waals surface area (Å²) in [7, 11) is 0. The molecule has 0 unspecified atom stereocenters. The van der Waals surface area contributed by atoms with Crippen molar-refractivity contribution in [1.29, 1.82) is 5.41 Å². The Morgan fingerprint density at radius 1 is 1.10 bits per heavy atom. The fraction of sp³-hybridized carbons (Fsp3) is 0.310. The lowest BCUT2D eigenvalue weighted by atomic mass is 10.0. The van der Waals surface area contributed by atoms with Gasteiger partial charge in [-0.1, -0.05) is 30.3 Å². The van der Waals surface area contributed by atoms with Gasteiger partial charge in [0.05, 0.1) is 19.1 Å². The molecular weight excluding hydrogens is 555 g/mol. The third kappa shape index (κ3) is 5.31. The Morgan fingerprint density at radius 2 is 1.80 bits per heavy atom. The fourth-order valence-electron chi connectivity index (χ4n) is 5.32. The number of amides is 3. The lowest BCUT2D eigenvalue weighted by Crippen LogP contribution is -2.49. The van der Waals surface area contributed by atoms with Crippen molar-refractivity contribution in [2.45, 2.75) is 43.9 Å². The zero-order valence-corrected chi connectivity index (χ0v) is 23.1. The summed E-state index contributed by atoms with van der Waals surface area (Å²) in [6.07, 6.45) is -0.215. The molecular formula is C29H28F3N5O3S. The maximum absolute atomic E-state index is 15.0. The number of fused-ring (bicyclic) bond motifs is 3. The number of carbonyl (C=O) groups excluding carboxylic acids is 3. The third-order valence-electron chi connectivity index (χ3n) is 7.41. The van der Waals surface area contributed by atoms with Gasteiger partial charge in [0.1, 0.15) is 17.5 Å². The lowest BCUT2D eigenvalue weighted by Gasteiger charge is -2.25. The van der Waals surface area contributed by atoms with E-state index in [9.17, 15) is 23.2 Å². The molecule has 1 saturated heterocycles. The van der Waals surface area contributed by atoms with E-state index in [1.165, 1.54) is 48.6 Å². The van der Waals surface area contributed by atoms with E-state index in [0.29, 0.717) is 11.1 Å². The van der Waals surface area contributed by atoms with Crippen molar-refractivity contribution >= 4 is 34.9 Å². The van der Waals surface area contributed by atoms with Crippen LogP contribution in [0.1, 0.15) is 58.2 Å². The smallest absolute Gasteiger partial charge is 0.299 e. The van der Waals surface area contributed by atoms with E-state index >= 15 is 4.39 Å². The van der Waals surface area contributed by atoms with E-state index in [-0.39, 0.29) is 41.1 Å². The number of nitrogen functional groups attached to an aromatic ring is 1. The molecule has 1 fully saturated rings. The van der Waals surface area contributed by atoms with Crippen molar-refractivity contribution in [3.8, 4) is 11.1 Å². The van der Waals surface area contributed by atoms with E-state index in [4.69, 9.17) is 11.1 Å². The molecule has 1 aliphatic heterocycles. The molecule has 214 valence electrons. The Hall–Kier alpha value is -4.19. The van der Waals surface area contributed by atoms with Gasteiger partial charge in [-0.15, -0.1) is 11.3 Å². The van der Waals surface area contributed by atoms with Gasteiger partial charge in [-0.05, 0) is 43.2 Å². The lowest BCUT2D eigenvalue weighted by molar-refractivity contribution is -0.138. The number of likely N-dealkylation sites (tertiary alicyclic amines) is 1. The first-order valence-corrected chi connectivity index (χ1v) is 13.8. The molecule has 0 saturated carbocycles. The predicted molar refractivity (Wildman–Crippen MR) is 149 cm³/mol. The van der Waals surface area contributed by atoms with Crippen LogP contribution in [0.15, 0.2) is 53.9 Å². The van der Waals surface area contributed by atoms with Gasteiger partial charge in [-0.25, -0.2) is 4.39 Å². The molecule has 1 aromatic heterocycles. The second kappa shape index (κ2) is 10.3. The van der Waals surface area contributed by atoms with Crippen LogP contribution in [0, 0.1) is 5.41 Å². The molecule has 41 heavy (non-hydrogen) atoms. The summed E-state index contributed by atoms with van der Waals surface area (Å²) >= 11 is 1.31. The summed E-state index contributed by atoms with van der Waals surface area (Å²) in [4.78, 5) is 40.9. The topological polar surface area (TPSA) is 128 Å². The highest BCUT2D eigenvalue weighted by molar-refractivity contribution is 7.10. The van der Waals surface area contributed by atoms with E-state index in [2.05, 4.69) is 10.6 Å². The number of hydrogen-bond acceptors (Lipinski definition) is 5. The van der Waals surface area contributed by atoms with Crippen LogP contribution in [0.4, 0.5) is 13.2 Å². The molecule has 1 aliphatic carbocycles. The van der Waals surface area contributed by atoms with Gasteiger partial charge in [0.2, 0.25) is 11.8 Å². The van der Waals surface area contributed by atoms with Gasteiger partial charge in [-0.2, -0.15) is 8.78 Å². The number of alkyl halides is 3. The molecule has 5 N–H and O–H groups in total. The second-order valence-corrected chi connectivity index (χ2v) is 11.5. The predicted octanol–water partition coefficient (Wildman–Crippen LogP) is 4.09. The van der Waals surface area contributed by atoms with E-state index in [0.717, 1.165) is 9.78 Å². The number of amidine groups is 1. The minimum atomic E-state index is -3.18. The molecule has 8 nitrogen and oxygen atoms in total. The summed E-state index contributed by atoms with van der Waals surface area (Å²) in [6.45, 7) is 2.20. The Bertz CT molecular complexity index is 1570. The van der Waals surface area contributed by atoms with Crippen LogP contribution in [0.3, 0.4) is 0 Å². The Balaban J connectivity index is 1.25. The van der Waals surface area contributed by atoms with Gasteiger partial charge in [0, 0.05) is 38.9 Å². The molecule has 0 radical (unpaired) electrons. The number of nitrogens with zero attached hydrogens (tertiary/aromatic N) is 1. The van der Waals surface area contributed by atoms with Gasteiger partial charge < -0.3 is 21.3 Å². The Morgan fingerprint density at radius 3 is 2.51 bits per heavy atom. The summed E-state index contributed by atoms with van der Waals surface area (Å²) < 4.78 is 44.7. The average molecular weight is 584 g/mol. The Kier molecular flexibility index (Phi) is 7.14. The van der Waals surface area contributed by atoms with Crippen molar-refractivity contribution in [2.24, 2.45) is 5.73 Å². The maximum Gasteiger partial charge on any atom is 0.299 e. The van der Waals surface area contributed by atoms with Gasteiger partial charge >= 0.3 is 0 Å². The highest BCUT2D eigenvalue weighted by atomic mass is 32.1. The highest BCUT2D eigenvalue weighted by Crippen LogP contribution is 2.50. The second-order valence-electron chi connectivity index (χ2n) is 10.6. The quantitative estimate of drug-likeness (QED) is 0.247. The number of benzene rings is 2. The first kappa shape index (κ1) is 28.3. The van der Waals surface area contributed by atoms with E-state index < -0.39 is 47.9 Å². The van der Waals surface area contributed by atoms with E-state index in [1.807, 2.05) is 0 Å².